The van der Waals surface area contributed by atoms with E-state index in [0.717, 1.165) is 12.5 Å². The van der Waals surface area contributed by atoms with Crippen LogP contribution in [-0.4, -0.2) is 24.6 Å². The Morgan fingerprint density at radius 1 is 1.33 bits per heavy atom. The number of halogens is 4. The van der Waals surface area contributed by atoms with Crippen molar-refractivity contribution in [2.75, 3.05) is 24.5 Å². The first-order valence-electron chi connectivity index (χ1n) is 6.78. The lowest BCUT2D eigenvalue weighted by atomic mass is 9.93. The van der Waals surface area contributed by atoms with Gasteiger partial charge in [0.05, 0.1) is 5.56 Å². The monoisotopic (exact) mass is 367 g/mol. The van der Waals surface area contributed by atoms with E-state index in [9.17, 15) is 13.2 Å². The minimum absolute atomic E-state index is 0.0333. The summed E-state index contributed by atoms with van der Waals surface area (Å²) in [6.45, 7) is 7.11. The number of nitrogens with two attached hydrogens (primary N) is 1. The Morgan fingerprint density at radius 3 is 2.43 bits per heavy atom. The molecule has 1 rings (SSSR count). The predicted molar refractivity (Wildman–Crippen MR) is 82.3 cm³/mol. The van der Waals surface area contributed by atoms with Gasteiger partial charge in [0.2, 0.25) is 0 Å². The van der Waals surface area contributed by atoms with Crippen molar-refractivity contribution in [2.24, 2.45) is 11.1 Å². The molecule has 1 heterocycles. The lowest BCUT2D eigenvalue weighted by Gasteiger charge is -2.33. The fourth-order valence-electron chi connectivity index (χ4n) is 2.00. The second kappa shape index (κ2) is 6.96. The Labute approximate surface area is 131 Å². The van der Waals surface area contributed by atoms with Gasteiger partial charge in [-0.2, -0.15) is 13.2 Å². The molecule has 1 aromatic rings. The van der Waals surface area contributed by atoms with Crippen molar-refractivity contribution in [3.63, 3.8) is 0 Å². The molecule has 0 spiro atoms. The van der Waals surface area contributed by atoms with Crippen molar-refractivity contribution in [1.82, 2.24) is 4.98 Å². The van der Waals surface area contributed by atoms with E-state index >= 15 is 0 Å². The quantitative estimate of drug-likeness (QED) is 0.823. The van der Waals surface area contributed by atoms with E-state index in [2.05, 4.69) is 20.9 Å². The number of aromatic nitrogens is 1. The van der Waals surface area contributed by atoms with Crippen LogP contribution in [0, 0.1) is 5.41 Å². The molecule has 0 fully saturated rings. The van der Waals surface area contributed by atoms with Gasteiger partial charge in [-0.25, -0.2) is 4.98 Å². The highest BCUT2D eigenvalue weighted by molar-refractivity contribution is 9.10. The Hall–Kier alpha value is -0.820. The van der Waals surface area contributed by atoms with E-state index in [1.54, 1.807) is 4.90 Å². The SMILES string of the molecule is CCCN(CC(C)(C)CN)c1ncc(Br)cc1C(F)(F)F. The lowest BCUT2D eigenvalue weighted by Crippen LogP contribution is -2.40. The molecular formula is C14H21BrF3N3. The Bertz CT molecular complexity index is 475. The van der Waals surface area contributed by atoms with Crippen LogP contribution in [-0.2, 0) is 6.18 Å². The topological polar surface area (TPSA) is 42.1 Å². The predicted octanol–water partition coefficient (Wildman–Crippen LogP) is 4.06. The number of anilines is 1. The molecule has 0 aromatic carbocycles. The molecule has 0 saturated heterocycles. The van der Waals surface area contributed by atoms with Gasteiger partial charge >= 0.3 is 6.18 Å². The maximum absolute atomic E-state index is 13.2. The summed E-state index contributed by atoms with van der Waals surface area (Å²) < 4.78 is 40.0. The third-order valence-corrected chi connectivity index (χ3v) is 3.54. The van der Waals surface area contributed by atoms with Crippen LogP contribution in [0.5, 0.6) is 0 Å². The van der Waals surface area contributed by atoms with Gasteiger partial charge in [0.1, 0.15) is 5.82 Å². The van der Waals surface area contributed by atoms with Crippen LogP contribution in [0.2, 0.25) is 0 Å². The molecule has 0 bridgehead atoms. The summed E-state index contributed by atoms with van der Waals surface area (Å²) in [5.74, 6) is -0.0333. The van der Waals surface area contributed by atoms with Crippen molar-refractivity contribution >= 4 is 21.7 Å². The first-order valence-corrected chi connectivity index (χ1v) is 7.58. The van der Waals surface area contributed by atoms with E-state index in [4.69, 9.17) is 5.73 Å². The zero-order chi connectivity index (χ0) is 16.3. The number of pyridine rings is 1. The maximum atomic E-state index is 13.2. The molecule has 0 aliphatic carbocycles. The molecule has 0 amide bonds. The van der Waals surface area contributed by atoms with Gasteiger partial charge in [-0.1, -0.05) is 20.8 Å². The maximum Gasteiger partial charge on any atom is 0.419 e. The summed E-state index contributed by atoms with van der Waals surface area (Å²) in [4.78, 5) is 5.67. The van der Waals surface area contributed by atoms with Gasteiger partial charge in [-0.05, 0) is 40.4 Å². The lowest BCUT2D eigenvalue weighted by molar-refractivity contribution is -0.137. The Kier molecular flexibility index (Phi) is 6.04. The van der Waals surface area contributed by atoms with Crippen molar-refractivity contribution in [3.05, 3.63) is 22.3 Å². The van der Waals surface area contributed by atoms with Crippen LogP contribution in [0.4, 0.5) is 19.0 Å². The highest BCUT2D eigenvalue weighted by Crippen LogP contribution is 2.37. The molecule has 0 aliphatic rings. The fourth-order valence-corrected chi connectivity index (χ4v) is 2.33. The third-order valence-electron chi connectivity index (χ3n) is 3.10. The molecule has 0 radical (unpaired) electrons. The van der Waals surface area contributed by atoms with Crippen LogP contribution in [0.25, 0.3) is 0 Å². The first-order chi connectivity index (χ1) is 9.60. The van der Waals surface area contributed by atoms with Crippen LogP contribution in [0.3, 0.4) is 0 Å². The summed E-state index contributed by atoms with van der Waals surface area (Å²) in [7, 11) is 0. The van der Waals surface area contributed by atoms with E-state index in [1.807, 2.05) is 20.8 Å². The molecule has 0 unspecified atom stereocenters. The number of alkyl halides is 3. The molecule has 0 aliphatic heterocycles. The average molecular weight is 368 g/mol. The molecule has 7 heteroatoms. The van der Waals surface area contributed by atoms with E-state index < -0.39 is 11.7 Å². The second-order valence-corrected chi connectivity index (χ2v) is 6.73. The van der Waals surface area contributed by atoms with Crippen molar-refractivity contribution in [1.29, 1.82) is 0 Å². The van der Waals surface area contributed by atoms with Gasteiger partial charge in [-0.3, -0.25) is 0 Å². The molecule has 1 aromatic heterocycles. The third kappa shape index (κ3) is 5.14. The summed E-state index contributed by atoms with van der Waals surface area (Å²) in [6, 6.07) is 1.07. The molecular weight excluding hydrogens is 347 g/mol. The Balaban J connectivity index is 3.25. The zero-order valence-electron chi connectivity index (χ0n) is 12.5. The number of rotatable bonds is 6. The van der Waals surface area contributed by atoms with Crippen LogP contribution >= 0.6 is 15.9 Å². The summed E-state index contributed by atoms with van der Waals surface area (Å²) >= 11 is 3.05. The van der Waals surface area contributed by atoms with E-state index in [0.29, 0.717) is 24.1 Å². The Morgan fingerprint density at radius 2 is 1.95 bits per heavy atom. The average Bonchev–Trinajstić information content (AvgIpc) is 2.37. The largest absolute Gasteiger partial charge is 0.419 e. The van der Waals surface area contributed by atoms with E-state index in [1.165, 1.54) is 6.20 Å². The minimum atomic E-state index is -4.44. The fraction of sp³-hybridized carbons (Fsp3) is 0.643. The van der Waals surface area contributed by atoms with Crippen LogP contribution in [0.15, 0.2) is 16.7 Å². The smallest absolute Gasteiger partial charge is 0.356 e. The molecule has 0 atom stereocenters. The van der Waals surface area contributed by atoms with Crippen molar-refractivity contribution in [3.8, 4) is 0 Å². The van der Waals surface area contributed by atoms with Crippen molar-refractivity contribution in [2.45, 2.75) is 33.4 Å². The zero-order valence-corrected chi connectivity index (χ0v) is 14.1. The standard InChI is InChI=1S/C14H21BrF3N3/c1-4-5-21(9-13(2,3)8-19)12-11(14(16,17)18)6-10(15)7-20-12/h6-7H,4-5,8-9,19H2,1-3H3. The molecule has 2 N–H and O–H groups in total. The summed E-state index contributed by atoms with van der Waals surface area (Å²) in [5, 5.41) is 0. The minimum Gasteiger partial charge on any atom is -0.356 e. The normalized spacial score (nSPS) is 12.6. The molecule has 21 heavy (non-hydrogen) atoms. The van der Waals surface area contributed by atoms with Gasteiger partial charge in [0.25, 0.3) is 0 Å². The van der Waals surface area contributed by atoms with Crippen LogP contribution < -0.4 is 10.6 Å². The van der Waals surface area contributed by atoms with Gasteiger partial charge < -0.3 is 10.6 Å². The van der Waals surface area contributed by atoms with E-state index in [-0.39, 0.29) is 11.2 Å². The van der Waals surface area contributed by atoms with Crippen molar-refractivity contribution < 1.29 is 13.2 Å². The first kappa shape index (κ1) is 18.2. The highest BCUT2D eigenvalue weighted by Gasteiger charge is 2.37. The van der Waals surface area contributed by atoms with Gasteiger partial charge in [0.15, 0.2) is 0 Å². The highest BCUT2D eigenvalue weighted by atomic mass is 79.9. The number of hydrogen-bond donors (Lipinski definition) is 1. The number of nitrogens with zero attached hydrogens (tertiary/aromatic N) is 2. The number of hydrogen-bond acceptors (Lipinski definition) is 3. The second-order valence-electron chi connectivity index (χ2n) is 5.81. The van der Waals surface area contributed by atoms with Gasteiger partial charge in [0, 0.05) is 23.8 Å². The van der Waals surface area contributed by atoms with Gasteiger partial charge in [-0.15, -0.1) is 0 Å². The van der Waals surface area contributed by atoms with Crippen LogP contribution in [0.1, 0.15) is 32.8 Å². The molecule has 3 nitrogen and oxygen atoms in total. The summed E-state index contributed by atoms with van der Waals surface area (Å²) in [5.41, 5.74) is 4.69. The molecule has 120 valence electrons. The molecule has 0 saturated carbocycles. The summed E-state index contributed by atoms with van der Waals surface area (Å²) in [6.07, 6.45) is -2.32.